The van der Waals surface area contributed by atoms with Gasteiger partial charge in [-0.1, -0.05) is 0 Å². The van der Waals surface area contributed by atoms with Crippen molar-refractivity contribution in [3.8, 4) is 5.88 Å². The number of hydrogen-bond acceptors (Lipinski definition) is 5. The number of methoxy groups -OCH3 is 1. The highest BCUT2D eigenvalue weighted by atomic mass is 16.5. The Morgan fingerprint density at radius 2 is 2.22 bits per heavy atom. The van der Waals surface area contributed by atoms with Crippen molar-refractivity contribution in [3.63, 3.8) is 0 Å². The van der Waals surface area contributed by atoms with Gasteiger partial charge in [0.1, 0.15) is 5.82 Å². The molecule has 0 amide bonds. The molecule has 0 aliphatic heterocycles. The third-order valence-corrected chi connectivity index (χ3v) is 2.88. The van der Waals surface area contributed by atoms with Crippen molar-refractivity contribution < 1.29 is 4.74 Å². The summed E-state index contributed by atoms with van der Waals surface area (Å²) in [7, 11) is 3.47. The minimum Gasteiger partial charge on any atom is -0.479 e. The summed E-state index contributed by atoms with van der Waals surface area (Å²) in [6, 6.07) is 3.59. The normalized spacial score (nSPS) is 10.4. The van der Waals surface area contributed by atoms with Gasteiger partial charge in [-0.2, -0.15) is 10.1 Å². The average molecular weight is 247 g/mol. The molecule has 0 radical (unpaired) electrons. The molecule has 0 spiro atoms. The van der Waals surface area contributed by atoms with Crippen LogP contribution < -0.4 is 15.8 Å². The maximum absolute atomic E-state index is 5.71. The second-order valence-corrected chi connectivity index (χ2v) is 4.03. The standard InChI is InChI=1S/C12H17N5O/c1-8-9(7-15-17(8)2)6-14-11-5-4-10(13)12(16-11)18-3/h4-5,7H,6,13H2,1-3H3,(H,14,16). The number of aromatic nitrogens is 3. The second-order valence-electron chi connectivity index (χ2n) is 4.03. The van der Waals surface area contributed by atoms with Crippen LogP contribution in [-0.4, -0.2) is 21.9 Å². The van der Waals surface area contributed by atoms with E-state index in [4.69, 9.17) is 10.5 Å². The van der Waals surface area contributed by atoms with Gasteiger partial charge in [-0.25, -0.2) is 0 Å². The molecular formula is C12H17N5O. The average Bonchev–Trinajstić information content (AvgIpc) is 2.69. The topological polar surface area (TPSA) is 78.0 Å². The summed E-state index contributed by atoms with van der Waals surface area (Å²) < 4.78 is 6.91. The van der Waals surface area contributed by atoms with Gasteiger partial charge in [-0.05, 0) is 19.1 Å². The number of nitrogens with two attached hydrogens (primary N) is 1. The van der Waals surface area contributed by atoms with E-state index in [0.717, 1.165) is 17.1 Å². The van der Waals surface area contributed by atoms with Gasteiger partial charge in [0.05, 0.1) is 19.0 Å². The lowest BCUT2D eigenvalue weighted by Crippen LogP contribution is -2.04. The fraction of sp³-hybridized carbons (Fsp3) is 0.333. The lowest BCUT2D eigenvalue weighted by atomic mass is 10.2. The molecule has 6 nitrogen and oxygen atoms in total. The van der Waals surface area contributed by atoms with Crippen LogP contribution in [0.15, 0.2) is 18.3 Å². The van der Waals surface area contributed by atoms with Crippen LogP contribution in [0.5, 0.6) is 5.88 Å². The zero-order chi connectivity index (χ0) is 13.1. The molecule has 0 aromatic carbocycles. The van der Waals surface area contributed by atoms with Gasteiger partial charge in [0.15, 0.2) is 0 Å². The Bertz CT molecular complexity index is 549. The highest BCUT2D eigenvalue weighted by Gasteiger charge is 2.05. The molecule has 0 saturated heterocycles. The summed E-state index contributed by atoms with van der Waals surface area (Å²) in [6.07, 6.45) is 1.84. The number of rotatable bonds is 4. The Morgan fingerprint density at radius 1 is 1.44 bits per heavy atom. The first-order valence-corrected chi connectivity index (χ1v) is 5.63. The van der Waals surface area contributed by atoms with E-state index in [-0.39, 0.29) is 0 Å². The number of pyridine rings is 1. The summed E-state index contributed by atoms with van der Waals surface area (Å²) in [5.41, 5.74) is 8.50. The molecule has 2 rings (SSSR count). The summed E-state index contributed by atoms with van der Waals surface area (Å²) in [5, 5.41) is 7.40. The summed E-state index contributed by atoms with van der Waals surface area (Å²) in [4.78, 5) is 4.26. The Balaban J connectivity index is 2.08. The zero-order valence-corrected chi connectivity index (χ0v) is 10.8. The molecule has 0 unspecified atom stereocenters. The fourth-order valence-corrected chi connectivity index (χ4v) is 1.62. The first-order chi connectivity index (χ1) is 8.61. The smallest absolute Gasteiger partial charge is 0.238 e. The number of anilines is 2. The molecule has 0 fully saturated rings. The van der Waals surface area contributed by atoms with E-state index in [1.165, 1.54) is 0 Å². The van der Waals surface area contributed by atoms with E-state index in [1.54, 1.807) is 13.2 Å². The van der Waals surface area contributed by atoms with Crippen molar-refractivity contribution in [2.45, 2.75) is 13.5 Å². The molecule has 0 aliphatic carbocycles. The van der Waals surface area contributed by atoms with Gasteiger partial charge >= 0.3 is 0 Å². The maximum atomic E-state index is 5.71. The first kappa shape index (κ1) is 12.2. The van der Waals surface area contributed by atoms with Crippen molar-refractivity contribution in [2.24, 2.45) is 7.05 Å². The van der Waals surface area contributed by atoms with Crippen LogP contribution in [0, 0.1) is 6.92 Å². The molecule has 0 aliphatic rings. The molecule has 6 heteroatoms. The van der Waals surface area contributed by atoms with Gasteiger partial charge in [-0.15, -0.1) is 0 Å². The van der Waals surface area contributed by atoms with Gasteiger partial charge < -0.3 is 15.8 Å². The van der Waals surface area contributed by atoms with Crippen molar-refractivity contribution in [2.75, 3.05) is 18.2 Å². The molecule has 0 atom stereocenters. The van der Waals surface area contributed by atoms with Crippen LogP contribution in [0.2, 0.25) is 0 Å². The SMILES string of the molecule is COc1nc(NCc2cnn(C)c2C)ccc1N. The molecule has 96 valence electrons. The van der Waals surface area contributed by atoms with Crippen molar-refractivity contribution in [1.29, 1.82) is 0 Å². The molecule has 18 heavy (non-hydrogen) atoms. The molecule has 2 aromatic rings. The van der Waals surface area contributed by atoms with Crippen LogP contribution in [0.3, 0.4) is 0 Å². The van der Waals surface area contributed by atoms with Gasteiger partial charge in [0, 0.05) is 24.8 Å². The number of aryl methyl sites for hydroxylation is 1. The molecule has 0 bridgehead atoms. The summed E-state index contributed by atoms with van der Waals surface area (Å²) in [5.74, 6) is 1.16. The Morgan fingerprint density at radius 3 is 2.83 bits per heavy atom. The van der Waals surface area contributed by atoms with E-state index in [1.807, 2.05) is 30.9 Å². The monoisotopic (exact) mass is 247 g/mol. The van der Waals surface area contributed by atoms with E-state index in [9.17, 15) is 0 Å². The highest BCUT2D eigenvalue weighted by molar-refractivity contribution is 5.53. The number of nitrogen functional groups attached to an aromatic ring is 1. The maximum Gasteiger partial charge on any atom is 0.238 e. The van der Waals surface area contributed by atoms with Crippen LogP contribution in [0.1, 0.15) is 11.3 Å². The van der Waals surface area contributed by atoms with E-state index in [0.29, 0.717) is 18.1 Å². The van der Waals surface area contributed by atoms with Gasteiger partial charge in [0.2, 0.25) is 5.88 Å². The predicted octanol–water partition coefficient (Wildman–Crippen LogP) is 1.33. The third-order valence-electron chi connectivity index (χ3n) is 2.88. The number of ether oxygens (including phenoxy) is 1. The zero-order valence-electron chi connectivity index (χ0n) is 10.8. The lowest BCUT2D eigenvalue weighted by Gasteiger charge is -2.08. The largest absolute Gasteiger partial charge is 0.479 e. The van der Waals surface area contributed by atoms with Crippen LogP contribution >= 0.6 is 0 Å². The molecule has 0 saturated carbocycles. The van der Waals surface area contributed by atoms with E-state index < -0.39 is 0 Å². The van der Waals surface area contributed by atoms with Crippen LogP contribution in [0.25, 0.3) is 0 Å². The summed E-state index contributed by atoms with van der Waals surface area (Å²) >= 11 is 0. The Hall–Kier alpha value is -2.24. The minimum absolute atomic E-state index is 0.433. The van der Waals surface area contributed by atoms with Gasteiger partial charge in [-0.3, -0.25) is 4.68 Å². The fourth-order valence-electron chi connectivity index (χ4n) is 1.62. The molecule has 3 N–H and O–H groups in total. The van der Waals surface area contributed by atoms with Gasteiger partial charge in [0.25, 0.3) is 0 Å². The Labute approximate surface area is 106 Å². The predicted molar refractivity (Wildman–Crippen MR) is 70.5 cm³/mol. The highest BCUT2D eigenvalue weighted by Crippen LogP contribution is 2.20. The first-order valence-electron chi connectivity index (χ1n) is 5.63. The number of nitrogens with one attached hydrogen (secondary N) is 1. The van der Waals surface area contributed by atoms with Crippen molar-refractivity contribution in [1.82, 2.24) is 14.8 Å². The van der Waals surface area contributed by atoms with Crippen LogP contribution in [-0.2, 0) is 13.6 Å². The minimum atomic E-state index is 0.433. The molecular weight excluding hydrogens is 230 g/mol. The quantitative estimate of drug-likeness (QED) is 0.852. The number of hydrogen-bond donors (Lipinski definition) is 2. The summed E-state index contributed by atoms with van der Waals surface area (Å²) in [6.45, 7) is 2.70. The van der Waals surface area contributed by atoms with E-state index >= 15 is 0 Å². The van der Waals surface area contributed by atoms with Crippen LogP contribution in [0.4, 0.5) is 11.5 Å². The van der Waals surface area contributed by atoms with Crippen molar-refractivity contribution in [3.05, 3.63) is 29.6 Å². The lowest BCUT2D eigenvalue weighted by molar-refractivity contribution is 0.401. The second kappa shape index (κ2) is 4.95. The number of nitrogens with zero attached hydrogens (tertiary/aromatic N) is 3. The third kappa shape index (κ3) is 2.37. The van der Waals surface area contributed by atoms with E-state index in [2.05, 4.69) is 15.4 Å². The Kier molecular flexibility index (Phi) is 3.36. The molecule has 2 heterocycles. The van der Waals surface area contributed by atoms with Crippen molar-refractivity contribution >= 4 is 11.5 Å². The molecule has 2 aromatic heterocycles.